The zero-order valence-corrected chi connectivity index (χ0v) is 10.9. The molecule has 0 atom stereocenters. The fourth-order valence-corrected chi connectivity index (χ4v) is 2.17. The van der Waals surface area contributed by atoms with Crippen molar-refractivity contribution in [3.63, 3.8) is 0 Å². The first-order valence-electron chi connectivity index (χ1n) is 5.14. The maximum absolute atomic E-state index is 11.8. The predicted octanol–water partition coefficient (Wildman–Crippen LogP) is 0.441. The zero-order valence-electron chi connectivity index (χ0n) is 10.1. The smallest absolute Gasteiger partial charge is 0.265 e. The Morgan fingerprint density at radius 2 is 2.12 bits per heavy atom. The summed E-state index contributed by atoms with van der Waals surface area (Å²) in [6.45, 7) is 2.03. The number of nitrogens with one attached hydrogen (secondary N) is 1. The molecule has 1 aromatic heterocycles. The average molecular weight is 256 g/mol. The standard InChI is InChI=1S/C10H16N4O2S/c1-6-8(9(16)14(2)3)17-10(12-6)13-7(15)4-5-11/h4-5,11H2,1-3H3,(H,12,13,15). The molecule has 0 saturated heterocycles. The van der Waals surface area contributed by atoms with Crippen LogP contribution in [0.25, 0.3) is 0 Å². The number of hydrogen-bond acceptors (Lipinski definition) is 5. The lowest BCUT2D eigenvalue weighted by molar-refractivity contribution is -0.116. The van der Waals surface area contributed by atoms with Crippen molar-refractivity contribution in [3.05, 3.63) is 10.6 Å². The molecule has 0 aliphatic heterocycles. The van der Waals surface area contributed by atoms with E-state index in [1.807, 2.05) is 0 Å². The Hall–Kier alpha value is -1.47. The fraction of sp³-hybridized carbons (Fsp3) is 0.500. The highest BCUT2D eigenvalue weighted by Crippen LogP contribution is 2.23. The quantitative estimate of drug-likeness (QED) is 0.818. The number of carbonyl (C=O) groups is 2. The van der Waals surface area contributed by atoms with Gasteiger partial charge in [-0.1, -0.05) is 11.3 Å². The largest absolute Gasteiger partial charge is 0.344 e. The Kier molecular flexibility index (Phi) is 4.59. The minimum absolute atomic E-state index is 0.112. The van der Waals surface area contributed by atoms with Gasteiger partial charge in [-0.2, -0.15) is 0 Å². The minimum atomic E-state index is -0.190. The highest BCUT2D eigenvalue weighted by molar-refractivity contribution is 7.17. The third kappa shape index (κ3) is 3.50. The Bertz CT molecular complexity index is 428. The van der Waals surface area contributed by atoms with Crippen molar-refractivity contribution in [3.8, 4) is 0 Å². The Labute approximate surface area is 104 Å². The number of anilines is 1. The minimum Gasteiger partial charge on any atom is -0.344 e. The van der Waals surface area contributed by atoms with Crippen molar-refractivity contribution in [2.75, 3.05) is 26.0 Å². The second kappa shape index (κ2) is 5.74. The van der Waals surface area contributed by atoms with Gasteiger partial charge in [-0.25, -0.2) is 4.98 Å². The number of nitrogens with two attached hydrogens (primary N) is 1. The SMILES string of the molecule is Cc1nc(NC(=O)CCN)sc1C(=O)N(C)C. The summed E-state index contributed by atoms with van der Waals surface area (Å²) >= 11 is 1.18. The Morgan fingerprint density at radius 3 is 2.65 bits per heavy atom. The highest BCUT2D eigenvalue weighted by Gasteiger charge is 2.17. The molecule has 3 N–H and O–H groups in total. The van der Waals surface area contributed by atoms with E-state index in [0.29, 0.717) is 22.2 Å². The van der Waals surface area contributed by atoms with Gasteiger partial charge in [-0.3, -0.25) is 9.59 Å². The molecule has 1 aromatic rings. The van der Waals surface area contributed by atoms with Gasteiger partial charge in [0.25, 0.3) is 5.91 Å². The van der Waals surface area contributed by atoms with Crippen LogP contribution in [0.2, 0.25) is 0 Å². The van der Waals surface area contributed by atoms with E-state index in [2.05, 4.69) is 10.3 Å². The van der Waals surface area contributed by atoms with Crippen molar-refractivity contribution >= 4 is 28.3 Å². The molecule has 0 unspecified atom stereocenters. The van der Waals surface area contributed by atoms with Crippen molar-refractivity contribution in [1.29, 1.82) is 0 Å². The number of aromatic nitrogens is 1. The third-order valence-corrected chi connectivity index (χ3v) is 3.08. The molecule has 0 aliphatic rings. The summed E-state index contributed by atoms with van der Waals surface area (Å²) in [6.07, 6.45) is 0.246. The summed E-state index contributed by atoms with van der Waals surface area (Å²) in [5, 5.41) is 3.05. The van der Waals surface area contributed by atoms with Crippen LogP contribution in [0.1, 0.15) is 21.8 Å². The van der Waals surface area contributed by atoms with Gasteiger partial charge >= 0.3 is 0 Å². The summed E-state index contributed by atoms with van der Waals surface area (Å²) in [5.74, 6) is -0.301. The molecule has 1 heterocycles. The van der Waals surface area contributed by atoms with E-state index < -0.39 is 0 Å². The molecule has 7 heteroatoms. The molecule has 94 valence electrons. The molecule has 6 nitrogen and oxygen atoms in total. The van der Waals surface area contributed by atoms with Crippen LogP contribution >= 0.6 is 11.3 Å². The van der Waals surface area contributed by atoms with Crippen LogP contribution in [-0.2, 0) is 4.79 Å². The van der Waals surface area contributed by atoms with Crippen LogP contribution in [0.5, 0.6) is 0 Å². The van der Waals surface area contributed by atoms with Crippen LogP contribution in [0, 0.1) is 6.92 Å². The number of amides is 2. The first-order valence-corrected chi connectivity index (χ1v) is 5.96. The van der Waals surface area contributed by atoms with Gasteiger partial charge in [0.2, 0.25) is 5.91 Å². The fourth-order valence-electron chi connectivity index (χ4n) is 1.16. The van der Waals surface area contributed by atoms with Crippen LogP contribution in [0.3, 0.4) is 0 Å². The third-order valence-electron chi connectivity index (χ3n) is 2.01. The zero-order chi connectivity index (χ0) is 13.0. The van der Waals surface area contributed by atoms with Gasteiger partial charge in [0.05, 0.1) is 5.69 Å². The normalized spacial score (nSPS) is 10.1. The molecule has 2 amide bonds. The molecule has 0 fully saturated rings. The topological polar surface area (TPSA) is 88.3 Å². The monoisotopic (exact) mass is 256 g/mol. The van der Waals surface area contributed by atoms with Gasteiger partial charge in [0, 0.05) is 27.1 Å². The van der Waals surface area contributed by atoms with E-state index in [-0.39, 0.29) is 18.2 Å². The predicted molar refractivity (Wildman–Crippen MR) is 67.2 cm³/mol. The molecule has 0 aromatic carbocycles. The van der Waals surface area contributed by atoms with E-state index in [4.69, 9.17) is 5.73 Å². The molecule has 0 spiro atoms. The lowest BCUT2D eigenvalue weighted by atomic mass is 10.3. The van der Waals surface area contributed by atoms with Crippen LogP contribution in [-0.4, -0.2) is 42.3 Å². The molecule has 0 radical (unpaired) electrons. The molecular formula is C10H16N4O2S. The van der Waals surface area contributed by atoms with Crippen molar-refractivity contribution in [1.82, 2.24) is 9.88 Å². The number of carbonyl (C=O) groups excluding carboxylic acids is 2. The number of rotatable bonds is 4. The van der Waals surface area contributed by atoms with Crippen molar-refractivity contribution in [2.45, 2.75) is 13.3 Å². The van der Waals surface area contributed by atoms with Gasteiger partial charge in [-0.15, -0.1) is 0 Å². The number of aryl methyl sites for hydroxylation is 1. The summed E-state index contributed by atoms with van der Waals surface area (Å²) < 4.78 is 0. The Balaban J connectivity index is 2.81. The number of thiazole rings is 1. The molecule has 1 rings (SSSR count). The Morgan fingerprint density at radius 1 is 1.47 bits per heavy atom. The molecular weight excluding hydrogens is 240 g/mol. The molecule has 17 heavy (non-hydrogen) atoms. The van der Waals surface area contributed by atoms with Crippen LogP contribution in [0.4, 0.5) is 5.13 Å². The first-order chi connectivity index (χ1) is 7.95. The van der Waals surface area contributed by atoms with Gasteiger partial charge < -0.3 is 16.0 Å². The van der Waals surface area contributed by atoms with Gasteiger partial charge in [0.1, 0.15) is 4.88 Å². The summed E-state index contributed by atoms with van der Waals surface area (Å²) in [6, 6.07) is 0. The van der Waals surface area contributed by atoms with Gasteiger partial charge in [0.15, 0.2) is 5.13 Å². The molecule has 0 aliphatic carbocycles. The van der Waals surface area contributed by atoms with E-state index in [0.717, 1.165) is 0 Å². The van der Waals surface area contributed by atoms with Gasteiger partial charge in [-0.05, 0) is 6.92 Å². The first kappa shape index (κ1) is 13.6. The lowest BCUT2D eigenvalue weighted by Crippen LogP contribution is -2.21. The van der Waals surface area contributed by atoms with E-state index in [9.17, 15) is 9.59 Å². The second-order valence-electron chi connectivity index (χ2n) is 3.72. The van der Waals surface area contributed by atoms with Crippen LogP contribution < -0.4 is 11.1 Å². The summed E-state index contributed by atoms with van der Waals surface area (Å²) in [5.41, 5.74) is 5.89. The van der Waals surface area contributed by atoms with Crippen molar-refractivity contribution < 1.29 is 9.59 Å². The average Bonchev–Trinajstić information content (AvgIpc) is 2.58. The van der Waals surface area contributed by atoms with Crippen molar-refractivity contribution in [2.24, 2.45) is 5.73 Å². The highest BCUT2D eigenvalue weighted by atomic mass is 32.1. The molecule has 0 bridgehead atoms. The summed E-state index contributed by atoms with van der Waals surface area (Å²) in [4.78, 5) is 29.2. The molecule has 0 saturated carbocycles. The lowest BCUT2D eigenvalue weighted by Gasteiger charge is -2.07. The summed E-state index contributed by atoms with van der Waals surface area (Å²) in [7, 11) is 3.35. The van der Waals surface area contributed by atoms with E-state index in [1.165, 1.54) is 16.2 Å². The maximum Gasteiger partial charge on any atom is 0.265 e. The number of hydrogen-bond donors (Lipinski definition) is 2. The second-order valence-corrected chi connectivity index (χ2v) is 4.72. The van der Waals surface area contributed by atoms with Crippen LogP contribution in [0.15, 0.2) is 0 Å². The van der Waals surface area contributed by atoms with E-state index >= 15 is 0 Å². The van der Waals surface area contributed by atoms with E-state index in [1.54, 1.807) is 21.0 Å². The number of nitrogens with zero attached hydrogens (tertiary/aromatic N) is 2. The maximum atomic E-state index is 11.8.